The topological polar surface area (TPSA) is 90.5 Å². The van der Waals surface area contributed by atoms with Crippen molar-refractivity contribution in [2.45, 2.75) is 19.9 Å². The molecular weight excluding hydrogens is 296 g/mol. The molecule has 1 aliphatic rings. The van der Waals surface area contributed by atoms with E-state index in [4.69, 9.17) is 0 Å². The van der Waals surface area contributed by atoms with Crippen molar-refractivity contribution in [2.75, 3.05) is 26.2 Å². The number of nitrogens with one attached hydrogen (secondary N) is 3. The first kappa shape index (κ1) is 17.0. The lowest BCUT2D eigenvalue weighted by atomic mass is 10.1. The van der Waals surface area contributed by atoms with Crippen LogP contribution in [0.2, 0.25) is 0 Å². The van der Waals surface area contributed by atoms with Gasteiger partial charge in [0, 0.05) is 18.7 Å². The van der Waals surface area contributed by atoms with Crippen LogP contribution in [0.1, 0.15) is 29.3 Å². The summed E-state index contributed by atoms with van der Waals surface area (Å²) in [5, 5.41) is 8.52. The van der Waals surface area contributed by atoms with E-state index in [0.717, 1.165) is 30.0 Å². The van der Waals surface area contributed by atoms with Crippen molar-refractivity contribution in [3.05, 3.63) is 35.4 Å². The molecule has 3 N–H and O–H groups in total. The van der Waals surface area contributed by atoms with Gasteiger partial charge in [-0.3, -0.25) is 14.5 Å². The summed E-state index contributed by atoms with van der Waals surface area (Å²) < 4.78 is 0. The fourth-order valence-corrected chi connectivity index (χ4v) is 2.28. The molecule has 2 rings (SSSR count). The van der Waals surface area contributed by atoms with E-state index in [-0.39, 0.29) is 24.9 Å². The van der Waals surface area contributed by atoms with E-state index in [0.29, 0.717) is 12.1 Å². The quantitative estimate of drug-likeness (QED) is 0.480. The van der Waals surface area contributed by atoms with Gasteiger partial charge in [-0.05, 0) is 30.7 Å². The Morgan fingerprint density at radius 3 is 2.78 bits per heavy atom. The van der Waals surface area contributed by atoms with E-state index in [1.54, 1.807) is 24.3 Å². The minimum atomic E-state index is -0.396. The molecule has 0 aliphatic carbocycles. The van der Waals surface area contributed by atoms with Crippen LogP contribution < -0.4 is 16.0 Å². The molecule has 1 aromatic carbocycles. The highest BCUT2D eigenvalue weighted by atomic mass is 16.2. The Morgan fingerprint density at radius 2 is 2.09 bits per heavy atom. The zero-order chi connectivity index (χ0) is 16.7. The Hall–Kier alpha value is -2.41. The van der Waals surface area contributed by atoms with Crippen molar-refractivity contribution in [1.82, 2.24) is 20.9 Å². The van der Waals surface area contributed by atoms with Gasteiger partial charge < -0.3 is 16.0 Å². The zero-order valence-electron chi connectivity index (χ0n) is 13.2. The van der Waals surface area contributed by atoms with Gasteiger partial charge in [-0.1, -0.05) is 19.1 Å². The molecule has 1 heterocycles. The van der Waals surface area contributed by atoms with Crippen LogP contribution >= 0.6 is 0 Å². The maximum atomic E-state index is 12.1. The van der Waals surface area contributed by atoms with Crippen molar-refractivity contribution < 1.29 is 14.4 Å². The number of amides is 4. The van der Waals surface area contributed by atoms with Gasteiger partial charge in [-0.2, -0.15) is 0 Å². The molecule has 0 saturated carbocycles. The second-order valence-electron chi connectivity index (χ2n) is 5.34. The summed E-state index contributed by atoms with van der Waals surface area (Å²) in [6.07, 6.45) is 1.05. The molecule has 1 aliphatic heterocycles. The smallest absolute Gasteiger partial charge is 0.324 e. The monoisotopic (exact) mass is 318 g/mol. The number of benzene rings is 1. The van der Waals surface area contributed by atoms with Crippen LogP contribution in [0.4, 0.5) is 4.79 Å². The molecule has 7 heteroatoms. The second-order valence-corrected chi connectivity index (χ2v) is 5.34. The van der Waals surface area contributed by atoms with Crippen LogP contribution in [0.15, 0.2) is 24.3 Å². The molecule has 1 fully saturated rings. The summed E-state index contributed by atoms with van der Waals surface area (Å²) in [4.78, 5) is 36.4. The minimum absolute atomic E-state index is 0.0315. The van der Waals surface area contributed by atoms with Gasteiger partial charge in [0.25, 0.3) is 5.91 Å². The average molecular weight is 318 g/mol. The molecule has 4 amide bonds. The number of urea groups is 1. The average Bonchev–Trinajstić information content (AvgIpc) is 2.87. The predicted molar refractivity (Wildman–Crippen MR) is 85.9 cm³/mol. The van der Waals surface area contributed by atoms with Gasteiger partial charge >= 0.3 is 6.03 Å². The second kappa shape index (κ2) is 8.28. The number of carbonyl (C=O) groups excluding carboxylic acids is 3. The third-order valence-electron chi connectivity index (χ3n) is 3.48. The number of hydrogen-bond donors (Lipinski definition) is 3. The van der Waals surface area contributed by atoms with Crippen molar-refractivity contribution in [3.63, 3.8) is 0 Å². The lowest BCUT2D eigenvalue weighted by Gasteiger charge is -2.13. The highest BCUT2D eigenvalue weighted by molar-refractivity contribution is 6.02. The molecule has 0 radical (unpaired) electrons. The molecular formula is C16H22N4O3. The lowest BCUT2D eigenvalue weighted by molar-refractivity contribution is -0.125. The van der Waals surface area contributed by atoms with Gasteiger partial charge in [0.05, 0.1) is 13.1 Å². The molecule has 124 valence electrons. The van der Waals surface area contributed by atoms with Crippen molar-refractivity contribution in [3.8, 4) is 0 Å². The molecule has 23 heavy (non-hydrogen) atoms. The maximum Gasteiger partial charge on any atom is 0.324 e. The van der Waals surface area contributed by atoms with Crippen LogP contribution in [0.3, 0.4) is 0 Å². The first-order chi connectivity index (χ1) is 11.1. The van der Waals surface area contributed by atoms with Crippen LogP contribution in [0.25, 0.3) is 0 Å². The Bertz CT molecular complexity index is 572. The maximum absolute atomic E-state index is 12.1. The number of imide groups is 1. The summed E-state index contributed by atoms with van der Waals surface area (Å²) in [6.45, 7) is 4.49. The van der Waals surface area contributed by atoms with Gasteiger partial charge in [0.1, 0.15) is 0 Å². The minimum Gasteiger partial charge on any atom is -0.351 e. The highest BCUT2D eigenvalue weighted by Gasteiger charge is 2.28. The summed E-state index contributed by atoms with van der Waals surface area (Å²) in [5.74, 6) is -0.422. The first-order valence-corrected chi connectivity index (χ1v) is 7.78. The van der Waals surface area contributed by atoms with Crippen LogP contribution in [0.5, 0.6) is 0 Å². The highest BCUT2D eigenvalue weighted by Crippen LogP contribution is 2.11. The third-order valence-corrected chi connectivity index (χ3v) is 3.48. The van der Waals surface area contributed by atoms with E-state index >= 15 is 0 Å². The van der Waals surface area contributed by atoms with E-state index in [1.165, 1.54) is 0 Å². The standard InChI is InChI=1S/C16H22N4O3/c1-2-6-17-7-8-18-15(22)13-5-3-4-12(9-13)11-20-14(21)10-19-16(20)23/h3-5,9,17H,2,6-8,10-11H2,1H3,(H,18,22)(H,19,23). The largest absolute Gasteiger partial charge is 0.351 e. The summed E-state index contributed by atoms with van der Waals surface area (Å²) >= 11 is 0. The number of rotatable bonds is 8. The van der Waals surface area contributed by atoms with Gasteiger partial charge in [0.2, 0.25) is 5.91 Å². The molecule has 0 atom stereocenters. The lowest BCUT2D eigenvalue weighted by Crippen LogP contribution is -2.32. The van der Waals surface area contributed by atoms with Gasteiger partial charge in [-0.15, -0.1) is 0 Å². The summed E-state index contributed by atoms with van der Waals surface area (Å²) in [5.41, 5.74) is 1.26. The predicted octanol–water partition coefficient (Wildman–Crippen LogP) is 0.468. The van der Waals surface area contributed by atoms with Gasteiger partial charge in [0.15, 0.2) is 0 Å². The number of carbonyl (C=O) groups is 3. The summed E-state index contributed by atoms with van der Waals surface area (Å²) in [6, 6.07) is 6.56. The van der Waals surface area contributed by atoms with E-state index in [2.05, 4.69) is 22.9 Å². The van der Waals surface area contributed by atoms with Crippen LogP contribution in [-0.2, 0) is 11.3 Å². The Kier molecular flexibility index (Phi) is 6.10. The molecule has 0 aromatic heterocycles. The number of nitrogens with zero attached hydrogens (tertiary/aromatic N) is 1. The molecule has 0 bridgehead atoms. The van der Waals surface area contributed by atoms with Gasteiger partial charge in [-0.25, -0.2) is 4.79 Å². The summed E-state index contributed by atoms with van der Waals surface area (Å²) in [7, 11) is 0. The fourth-order valence-electron chi connectivity index (χ4n) is 2.28. The van der Waals surface area contributed by atoms with Crippen molar-refractivity contribution in [1.29, 1.82) is 0 Å². The van der Waals surface area contributed by atoms with E-state index < -0.39 is 6.03 Å². The molecule has 0 spiro atoms. The van der Waals surface area contributed by atoms with Crippen LogP contribution in [-0.4, -0.2) is 48.9 Å². The zero-order valence-corrected chi connectivity index (χ0v) is 13.2. The Balaban J connectivity index is 1.90. The van der Waals surface area contributed by atoms with Crippen molar-refractivity contribution in [2.24, 2.45) is 0 Å². The molecule has 1 saturated heterocycles. The van der Waals surface area contributed by atoms with E-state index in [1.807, 2.05) is 0 Å². The van der Waals surface area contributed by atoms with Crippen molar-refractivity contribution >= 4 is 17.8 Å². The normalized spacial score (nSPS) is 14.0. The molecule has 7 nitrogen and oxygen atoms in total. The molecule has 0 unspecified atom stereocenters. The third kappa shape index (κ3) is 4.79. The van der Waals surface area contributed by atoms with E-state index in [9.17, 15) is 14.4 Å². The fraction of sp³-hybridized carbons (Fsp3) is 0.438. The number of hydrogen-bond acceptors (Lipinski definition) is 4. The SMILES string of the molecule is CCCNCCNC(=O)c1cccc(CN2C(=O)CNC2=O)c1. The molecule has 1 aromatic rings. The Morgan fingerprint density at radius 1 is 1.26 bits per heavy atom. The Labute approximate surface area is 135 Å². The first-order valence-electron chi connectivity index (χ1n) is 7.78. The van der Waals surface area contributed by atoms with Crippen LogP contribution in [0, 0.1) is 0 Å².